The lowest BCUT2D eigenvalue weighted by Crippen LogP contribution is -2.37. The average molecular weight is 275 g/mol. The number of aliphatic hydroxyl groups excluding tert-OH is 1. The van der Waals surface area contributed by atoms with Gasteiger partial charge in [-0.2, -0.15) is 0 Å². The molecule has 0 saturated heterocycles. The first-order valence-electron chi connectivity index (χ1n) is 6.62. The number of aryl methyl sites for hydroxylation is 1. The van der Waals surface area contributed by atoms with Crippen LogP contribution in [0.5, 0.6) is 0 Å². The third-order valence-electron chi connectivity index (χ3n) is 3.00. The van der Waals surface area contributed by atoms with Gasteiger partial charge < -0.3 is 15.2 Å². The van der Waals surface area contributed by atoms with Gasteiger partial charge >= 0.3 is 0 Å². The molecule has 1 rings (SSSR count). The van der Waals surface area contributed by atoms with Crippen LogP contribution in [-0.2, 0) is 4.74 Å². The molecule has 0 spiro atoms. The minimum Gasteiger partial charge on any atom is -0.384 e. The summed E-state index contributed by atoms with van der Waals surface area (Å²) in [6, 6.07) is 5.37. The number of methoxy groups -OCH3 is 1. The van der Waals surface area contributed by atoms with Crippen molar-refractivity contribution in [3.8, 4) is 11.8 Å². The van der Waals surface area contributed by atoms with Crippen LogP contribution >= 0.6 is 0 Å². The highest BCUT2D eigenvalue weighted by Crippen LogP contribution is 2.10. The number of hydrogen-bond acceptors (Lipinski definition) is 3. The van der Waals surface area contributed by atoms with Gasteiger partial charge in [0.05, 0.1) is 12.6 Å². The fraction of sp³-hybridized carbons (Fsp3) is 0.438. The van der Waals surface area contributed by atoms with Crippen LogP contribution in [0.2, 0.25) is 0 Å². The molecule has 0 bridgehead atoms. The lowest BCUT2D eigenvalue weighted by molar-refractivity contribution is 0.0894. The van der Waals surface area contributed by atoms with Gasteiger partial charge in [0.15, 0.2) is 0 Å². The molecule has 4 nitrogen and oxygen atoms in total. The maximum absolute atomic E-state index is 12.2. The number of ether oxygens (including phenoxy) is 1. The molecule has 0 aliphatic carbocycles. The molecule has 0 saturated carbocycles. The Morgan fingerprint density at radius 1 is 1.50 bits per heavy atom. The quantitative estimate of drug-likeness (QED) is 0.801. The highest BCUT2D eigenvalue weighted by molar-refractivity contribution is 5.94. The first kappa shape index (κ1) is 16.2. The first-order chi connectivity index (χ1) is 9.62. The number of benzene rings is 1. The van der Waals surface area contributed by atoms with Gasteiger partial charge in [-0.3, -0.25) is 4.79 Å². The molecule has 108 valence electrons. The number of carbonyl (C=O) groups is 1. The lowest BCUT2D eigenvalue weighted by atomic mass is 10.0. The summed E-state index contributed by atoms with van der Waals surface area (Å²) in [5, 5.41) is 11.7. The molecule has 0 radical (unpaired) electrons. The van der Waals surface area contributed by atoms with Crippen molar-refractivity contribution in [3.63, 3.8) is 0 Å². The summed E-state index contributed by atoms with van der Waals surface area (Å²) < 4.78 is 5.06. The first-order valence-corrected chi connectivity index (χ1v) is 6.62. The van der Waals surface area contributed by atoms with Crippen LogP contribution < -0.4 is 5.32 Å². The minimum atomic E-state index is -0.193. The van der Waals surface area contributed by atoms with E-state index >= 15 is 0 Å². The Morgan fingerprint density at radius 2 is 2.25 bits per heavy atom. The predicted octanol–water partition coefficient (Wildman–Crippen LogP) is 1.49. The maximum Gasteiger partial charge on any atom is 0.251 e. The van der Waals surface area contributed by atoms with Crippen LogP contribution in [0.25, 0.3) is 0 Å². The van der Waals surface area contributed by atoms with E-state index in [9.17, 15) is 4.79 Å². The molecule has 20 heavy (non-hydrogen) atoms. The normalized spacial score (nSPS) is 11.4. The Labute approximate surface area is 120 Å². The van der Waals surface area contributed by atoms with E-state index in [0.29, 0.717) is 12.2 Å². The number of rotatable bonds is 5. The van der Waals surface area contributed by atoms with Crippen molar-refractivity contribution in [2.75, 3.05) is 20.3 Å². The molecule has 2 N–H and O–H groups in total. The highest BCUT2D eigenvalue weighted by Gasteiger charge is 2.12. The molecule has 0 heterocycles. The molecule has 0 aliphatic rings. The van der Waals surface area contributed by atoms with Crippen LogP contribution in [0, 0.1) is 18.8 Å². The molecule has 1 aromatic carbocycles. The summed E-state index contributed by atoms with van der Waals surface area (Å²) in [4.78, 5) is 12.2. The predicted molar refractivity (Wildman–Crippen MR) is 78.6 cm³/mol. The lowest BCUT2D eigenvalue weighted by Gasteiger charge is -2.16. The van der Waals surface area contributed by atoms with Crippen LogP contribution in [-0.4, -0.2) is 37.4 Å². The van der Waals surface area contributed by atoms with Crippen LogP contribution in [0.4, 0.5) is 0 Å². The van der Waals surface area contributed by atoms with E-state index in [1.54, 1.807) is 19.2 Å². The van der Waals surface area contributed by atoms with Gasteiger partial charge in [-0.15, -0.1) is 0 Å². The van der Waals surface area contributed by atoms with Gasteiger partial charge in [-0.05, 0) is 31.0 Å². The van der Waals surface area contributed by atoms with Crippen LogP contribution in [0.15, 0.2) is 18.2 Å². The zero-order valence-corrected chi connectivity index (χ0v) is 12.2. The number of nitrogens with one attached hydrogen (secondary N) is 1. The second-order valence-corrected chi connectivity index (χ2v) is 4.52. The van der Waals surface area contributed by atoms with Crippen molar-refractivity contribution in [2.24, 2.45) is 0 Å². The van der Waals surface area contributed by atoms with E-state index in [1.165, 1.54) is 0 Å². The number of hydrogen-bond donors (Lipinski definition) is 2. The van der Waals surface area contributed by atoms with E-state index < -0.39 is 0 Å². The standard InChI is InChI=1S/C16H21NO3/c1-4-15(11-20-3)17-16(19)14-8-7-12(2)13(10-14)6-5-9-18/h7-8,10,15,18H,4,9,11H2,1-3H3,(H,17,19). The van der Waals surface area contributed by atoms with E-state index in [2.05, 4.69) is 17.2 Å². The van der Waals surface area contributed by atoms with Gasteiger partial charge in [0.2, 0.25) is 0 Å². The molecular weight excluding hydrogens is 254 g/mol. The molecule has 1 unspecified atom stereocenters. The van der Waals surface area contributed by atoms with E-state index in [0.717, 1.165) is 17.5 Å². The number of amides is 1. The Bertz CT molecular complexity index is 514. The molecule has 0 aliphatic heterocycles. The molecule has 1 aromatic rings. The molecular formula is C16H21NO3. The number of carbonyl (C=O) groups excluding carboxylic acids is 1. The second-order valence-electron chi connectivity index (χ2n) is 4.52. The monoisotopic (exact) mass is 275 g/mol. The summed E-state index contributed by atoms with van der Waals surface area (Å²) in [6.07, 6.45) is 0.808. The SMILES string of the molecule is CCC(COC)NC(=O)c1ccc(C)c(C#CCO)c1. The van der Waals surface area contributed by atoms with Crippen molar-refractivity contribution in [1.29, 1.82) is 0 Å². The summed E-state index contributed by atoms with van der Waals surface area (Å²) in [5.41, 5.74) is 2.30. The zero-order chi connectivity index (χ0) is 15.0. The smallest absolute Gasteiger partial charge is 0.251 e. The Hall–Kier alpha value is -1.83. The van der Waals surface area contributed by atoms with E-state index in [4.69, 9.17) is 9.84 Å². The van der Waals surface area contributed by atoms with Crippen molar-refractivity contribution >= 4 is 5.91 Å². The summed E-state index contributed by atoms with van der Waals surface area (Å²) >= 11 is 0. The summed E-state index contributed by atoms with van der Waals surface area (Å²) in [5.74, 6) is 5.31. The van der Waals surface area contributed by atoms with Gasteiger partial charge in [0, 0.05) is 18.2 Å². The third kappa shape index (κ3) is 4.69. The highest BCUT2D eigenvalue weighted by atomic mass is 16.5. The fourth-order valence-corrected chi connectivity index (χ4v) is 1.76. The fourth-order valence-electron chi connectivity index (χ4n) is 1.76. The Morgan fingerprint density at radius 3 is 2.85 bits per heavy atom. The van der Waals surface area contributed by atoms with Gasteiger partial charge in [-0.1, -0.05) is 24.8 Å². The third-order valence-corrected chi connectivity index (χ3v) is 3.00. The molecule has 0 fully saturated rings. The van der Waals surface area contributed by atoms with Gasteiger partial charge in [0.25, 0.3) is 5.91 Å². The Kier molecular flexibility index (Phi) is 6.78. The molecule has 4 heteroatoms. The molecule has 1 atom stereocenters. The van der Waals surface area contributed by atoms with Crippen LogP contribution in [0.1, 0.15) is 34.8 Å². The van der Waals surface area contributed by atoms with Crippen molar-refractivity contribution in [3.05, 3.63) is 34.9 Å². The molecule has 0 aromatic heterocycles. The maximum atomic E-state index is 12.2. The second kappa shape index (κ2) is 8.36. The van der Waals surface area contributed by atoms with E-state index in [-0.39, 0.29) is 18.6 Å². The number of aliphatic hydroxyl groups is 1. The topological polar surface area (TPSA) is 58.6 Å². The van der Waals surface area contributed by atoms with Gasteiger partial charge in [-0.25, -0.2) is 0 Å². The van der Waals surface area contributed by atoms with Crippen molar-refractivity contribution in [2.45, 2.75) is 26.3 Å². The average Bonchev–Trinajstić information content (AvgIpc) is 2.45. The van der Waals surface area contributed by atoms with E-state index in [1.807, 2.05) is 19.9 Å². The van der Waals surface area contributed by atoms with Crippen molar-refractivity contribution in [1.82, 2.24) is 5.32 Å². The summed E-state index contributed by atoms with van der Waals surface area (Å²) in [6.45, 7) is 4.22. The van der Waals surface area contributed by atoms with Gasteiger partial charge in [0.1, 0.15) is 6.61 Å². The summed E-state index contributed by atoms with van der Waals surface area (Å²) in [7, 11) is 1.61. The zero-order valence-electron chi connectivity index (χ0n) is 12.2. The Balaban J connectivity index is 2.88. The largest absolute Gasteiger partial charge is 0.384 e. The van der Waals surface area contributed by atoms with Crippen molar-refractivity contribution < 1.29 is 14.6 Å². The molecule has 1 amide bonds. The van der Waals surface area contributed by atoms with Crippen LogP contribution in [0.3, 0.4) is 0 Å². The minimum absolute atomic E-state index is 0.000721.